The summed E-state index contributed by atoms with van der Waals surface area (Å²) in [6.45, 7) is 9.81. The number of amides is 1. The first kappa shape index (κ1) is 17.6. The van der Waals surface area contributed by atoms with Crippen LogP contribution in [-0.4, -0.2) is 45.4 Å². The zero-order valence-corrected chi connectivity index (χ0v) is 15.2. The molecule has 0 bridgehead atoms. The number of fused-ring (bicyclic) bond motifs is 1. The van der Waals surface area contributed by atoms with Crippen molar-refractivity contribution in [3.63, 3.8) is 0 Å². The van der Waals surface area contributed by atoms with Gasteiger partial charge in [0.2, 0.25) is 5.91 Å². The SMILES string of the molecule is CC(=O)NCC(=Cc1cnn2cccnc12)B1OC(C)(C)C(C)(C)O1. The molecular weight excluding hydrogens is 319 g/mol. The monoisotopic (exact) mass is 342 g/mol. The average molecular weight is 342 g/mol. The van der Waals surface area contributed by atoms with Crippen LogP contribution in [0.3, 0.4) is 0 Å². The highest BCUT2D eigenvalue weighted by molar-refractivity contribution is 6.56. The summed E-state index contributed by atoms with van der Waals surface area (Å²) in [6, 6.07) is 1.82. The molecule has 1 amide bonds. The second-order valence-electron chi connectivity index (χ2n) is 7.21. The fraction of sp³-hybridized carbons (Fsp3) is 0.471. The van der Waals surface area contributed by atoms with Crippen LogP contribution in [0.25, 0.3) is 11.7 Å². The molecule has 0 unspecified atom stereocenters. The van der Waals surface area contributed by atoms with E-state index in [4.69, 9.17) is 9.31 Å². The molecule has 2 aromatic rings. The van der Waals surface area contributed by atoms with E-state index >= 15 is 0 Å². The molecule has 8 heteroatoms. The normalized spacial score (nSPS) is 19.4. The fourth-order valence-corrected chi connectivity index (χ4v) is 2.57. The zero-order chi connectivity index (χ0) is 18.2. The lowest BCUT2D eigenvalue weighted by atomic mass is 9.77. The lowest BCUT2D eigenvalue weighted by Crippen LogP contribution is -2.41. The number of aromatic nitrogens is 3. The highest BCUT2D eigenvalue weighted by atomic mass is 16.7. The topological polar surface area (TPSA) is 77.8 Å². The van der Waals surface area contributed by atoms with E-state index in [1.807, 2.05) is 46.0 Å². The third-order valence-corrected chi connectivity index (χ3v) is 4.74. The summed E-state index contributed by atoms with van der Waals surface area (Å²) in [4.78, 5) is 15.7. The summed E-state index contributed by atoms with van der Waals surface area (Å²) in [5.41, 5.74) is 1.49. The van der Waals surface area contributed by atoms with Gasteiger partial charge in [-0.15, -0.1) is 0 Å². The molecule has 1 N–H and O–H groups in total. The summed E-state index contributed by atoms with van der Waals surface area (Å²) in [6.07, 6.45) is 7.22. The standard InChI is InChI=1S/C17H23BN4O3/c1-12(23)20-11-14(18-24-16(2,3)17(4,5)25-18)9-13-10-21-22-8-6-7-19-15(13)22/h6-10H,11H2,1-5H3,(H,20,23). The van der Waals surface area contributed by atoms with Gasteiger partial charge in [0.15, 0.2) is 5.65 Å². The Hall–Kier alpha value is -2.19. The van der Waals surface area contributed by atoms with E-state index in [9.17, 15) is 4.79 Å². The Kier molecular flexibility index (Phi) is 4.42. The molecule has 2 aromatic heterocycles. The van der Waals surface area contributed by atoms with Crippen molar-refractivity contribution >= 4 is 24.7 Å². The van der Waals surface area contributed by atoms with Crippen LogP contribution in [-0.2, 0) is 14.1 Å². The zero-order valence-electron chi connectivity index (χ0n) is 15.2. The number of hydrogen-bond donors (Lipinski definition) is 1. The summed E-state index contributed by atoms with van der Waals surface area (Å²) >= 11 is 0. The van der Waals surface area contributed by atoms with Crippen molar-refractivity contribution in [2.75, 3.05) is 6.54 Å². The van der Waals surface area contributed by atoms with Crippen molar-refractivity contribution in [1.82, 2.24) is 19.9 Å². The molecule has 1 fully saturated rings. The molecule has 0 saturated carbocycles. The molecule has 132 valence electrons. The van der Waals surface area contributed by atoms with Crippen molar-refractivity contribution in [2.45, 2.75) is 45.8 Å². The van der Waals surface area contributed by atoms with Crippen molar-refractivity contribution in [3.05, 3.63) is 35.7 Å². The molecule has 3 heterocycles. The molecule has 1 aliphatic rings. The number of carbonyl (C=O) groups excluding carboxylic acids is 1. The van der Waals surface area contributed by atoms with E-state index in [0.29, 0.717) is 6.54 Å². The Morgan fingerprint density at radius 3 is 2.64 bits per heavy atom. The molecule has 1 aliphatic heterocycles. The minimum atomic E-state index is -0.546. The minimum absolute atomic E-state index is 0.111. The number of hydrogen-bond acceptors (Lipinski definition) is 5. The maximum absolute atomic E-state index is 11.4. The van der Waals surface area contributed by atoms with Gasteiger partial charge in [-0.3, -0.25) is 4.79 Å². The highest BCUT2D eigenvalue weighted by Gasteiger charge is 2.52. The van der Waals surface area contributed by atoms with Gasteiger partial charge in [0, 0.05) is 31.4 Å². The first-order valence-electron chi connectivity index (χ1n) is 8.28. The Morgan fingerprint density at radius 2 is 2.00 bits per heavy atom. The van der Waals surface area contributed by atoms with E-state index < -0.39 is 18.3 Å². The third kappa shape index (κ3) is 3.45. The summed E-state index contributed by atoms with van der Waals surface area (Å²) in [7, 11) is -0.546. The van der Waals surface area contributed by atoms with Crippen molar-refractivity contribution in [2.24, 2.45) is 0 Å². The number of carbonyl (C=O) groups is 1. The van der Waals surface area contributed by atoms with Crippen LogP contribution in [0.1, 0.15) is 40.2 Å². The van der Waals surface area contributed by atoms with E-state index in [1.165, 1.54) is 6.92 Å². The average Bonchev–Trinajstić information content (AvgIpc) is 3.02. The lowest BCUT2D eigenvalue weighted by molar-refractivity contribution is -0.118. The number of rotatable bonds is 4. The fourth-order valence-electron chi connectivity index (χ4n) is 2.57. The molecule has 1 saturated heterocycles. The van der Waals surface area contributed by atoms with Crippen LogP contribution >= 0.6 is 0 Å². The third-order valence-electron chi connectivity index (χ3n) is 4.74. The maximum atomic E-state index is 11.4. The molecule has 7 nitrogen and oxygen atoms in total. The second-order valence-corrected chi connectivity index (χ2v) is 7.21. The Morgan fingerprint density at radius 1 is 1.32 bits per heavy atom. The lowest BCUT2D eigenvalue weighted by Gasteiger charge is -2.32. The van der Waals surface area contributed by atoms with Gasteiger partial charge in [-0.1, -0.05) is 6.08 Å². The number of nitrogens with zero attached hydrogens (tertiary/aromatic N) is 3. The van der Waals surface area contributed by atoms with E-state index in [1.54, 1.807) is 16.9 Å². The van der Waals surface area contributed by atoms with E-state index in [-0.39, 0.29) is 5.91 Å². The number of nitrogens with one attached hydrogen (secondary N) is 1. The molecule has 3 rings (SSSR count). The van der Waals surface area contributed by atoms with Gasteiger partial charge in [-0.05, 0) is 39.2 Å². The van der Waals surface area contributed by atoms with Crippen molar-refractivity contribution in [1.29, 1.82) is 0 Å². The molecule has 25 heavy (non-hydrogen) atoms. The van der Waals surface area contributed by atoms with Crippen LogP contribution in [0.15, 0.2) is 30.1 Å². The van der Waals surface area contributed by atoms with Gasteiger partial charge in [-0.2, -0.15) is 5.10 Å². The Bertz CT molecular complexity index is 812. The maximum Gasteiger partial charge on any atom is 0.492 e. The van der Waals surface area contributed by atoms with Crippen LogP contribution in [0.2, 0.25) is 0 Å². The van der Waals surface area contributed by atoms with Crippen LogP contribution in [0, 0.1) is 0 Å². The predicted octanol–water partition coefficient (Wildman–Crippen LogP) is 1.88. The van der Waals surface area contributed by atoms with Gasteiger partial charge < -0.3 is 14.6 Å². The van der Waals surface area contributed by atoms with Gasteiger partial charge in [0.1, 0.15) is 0 Å². The van der Waals surface area contributed by atoms with Crippen molar-refractivity contribution in [3.8, 4) is 0 Å². The van der Waals surface area contributed by atoms with Gasteiger partial charge in [-0.25, -0.2) is 9.50 Å². The Balaban J connectivity index is 1.96. The van der Waals surface area contributed by atoms with Crippen LogP contribution in [0.5, 0.6) is 0 Å². The molecule has 0 aromatic carbocycles. The summed E-state index contributed by atoms with van der Waals surface area (Å²) < 4.78 is 14.0. The largest absolute Gasteiger partial charge is 0.492 e. The van der Waals surface area contributed by atoms with Crippen molar-refractivity contribution < 1.29 is 14.1 Å². The molecule has 0 radical (unpaired) electrons. The van der Waals surface area contributed by atoms with Crippen LogP contribution < -0.4 is 5.32 Å². The molecule has 0 atom stereocenters. The smallest absolute Gasteiger partial charge is 0.400 e. The minimum Gasteiger partial charge on any atom is -0.400 e. The van der Waals surface area contributed by atoms with Gasteiger partial charge in [0.25, 0.3) is 0 Å². The van der Waals surface area contributed by atoms with Crippen LogP contribution in [0.4, 0.5) is 0 Å². The van der Waals surface area contributed by atoms with Gasteiger partial charge >= 0.3 is 7.12 Å². The quantitative estimate of drug-likeness (QED) is 0.859. The Labute approximate surface area is 147 Å². The first-order chi connectivity index (χ1) is 11.7. The summed E-state index contributed by atoms with van der Waals surface area (Å²) in [5.74, 6) is -0.111. The summed E-state index contributed by atoms with van der Waals surface area (Å²) in [5, 5.41) is 7.11. The molecule has 0 spiro atoms. The van der Waals surface area contributed by atoms with Gasteiger partial charge in [0.05, 0.1) is 17.4 Å². The molecule has 0 aliphatic carbocycles. The first-order valence-corrected chi connectivity index (χ1v) is 8.28. The second kappa shape index (κ2) is 6.27. The van der Waals surface area contributed by atoms with E-state index in [0.717, 1.165) is 16.7 Å². The molecular formula is C17H23BN4O3. The van der Waals surface area contributed by atoms with E-state index in [2.05, 4.69) is 15.4 Å². The highest BCUT2D eigenvalue weighted by Crippen LogP contribution is 2.38. The predicted molar refractivity (Wildman–Crippen MR) is 95.7 cm³/mol.